The molecule has 0 saturated carbocycles. The van der Waals surface area contributed by atoms with E-state index in [1.54, 1.807) is 30.0 Å². The molecule has 6 heteroatoms. The van der Waals surface area contributed by atoms with Crippen LogP contribution >= 0.6 is 23.2 Å². The summed E-state index contributed by atoms with van der Waals surface area (Å²) in [5, 5.41) is 3.43. The highest BCUT2D eigenvalue weighted by molar-refractivity contribution is 6.39. The van der Waals surface area contributed by atoms with E-state index in [2.05, 4.69) is 5.32 Å². The fourth-order valence-corrected chi connectivity index (χ4v) is 2.56. The van der Waals surface area contributed by atoms with Gasteiger partial charge in [-0.1, -0.05) is 29.3 Å². The minimum Gasteiger partial charge on any atom is -0.331 e. The van der Waals surface area contributed by atoms with Gasteiger partial charge in [0.15, 0.2) is 0 Å². The molecule has 0 bridgehead atoms. The third-order valence-corrected chi connectivity index (χ3v) is 3.80. The van der Waals surface area contributed by atoms with E-state index < -0.39 is 6.04 Å². The Morgan fingerprint density at radius 2 is 2.00 bits per heavy atom. The number of rotatable bonds is 3. The third kappa shape index (κ3) is 3.01. The Morgan fingerprint density at radius 3 is 2.53 bits per heavy atom. The van der Waals surface area contributed by atoms with Crippen molar-refractivity contribution >= 4 is 40.7 Å². The van der Waals surface area contributed by atoms with Gasteiger partial charge in [-0.05, 0) is 25.5 Å². The van der Waals surface area contributed by atoms with Crippen LogP contribution in [0.5, 0.6) is 0 Å². The Balaban J connectivity index is 2.10. The maximum atomic E-state index is 12.1. The summed E-state index contributed by atoms with van der Waals surface area (Å²) < 4.78 is 0. The molecule has 102 valence electrons. The molecule has 1 N–H and O–H groups in total. The molecule has 1 fully saturated rings. The summed E-state index contributed by atoms with van der Waals surface area (Å²) >= 11 is 12.0. The van der Waals surface area contributed by atoms with Gasteiger partial charge >= 0.3 is 0 Å². The first-order chi connectivity index (χ1) is 9.00. The van der Waals surface area contributed by atoms with E-state index in [1.165, 1.54) is 0 Å². The normalized spacial score (nSPS) is 16.6. The fourth-order valence-electron chi connectivity index (χ4n) is 2.06. The summed E-state index contributed by atoms with van der Waals surface area (Å²) in [5.41, 5.74) is 0.384. The van der Waals surface area contributed by atoms with Gasteiger partial charge in [-0.3, -0.25) is 9.59 Å². The summed E-state index contributed by atoms with van der Waals surface area (Å²) in [6.45, 7) is 2.31. The molecule has 1 aromatic carbocycles. The number of hydrogen-bond acceptors (Lipinski definition) is 2. The first kappa shape index (κ1) is 14.2. The molecule has 1 aromatic rings. The summed E-state index contributed by atoms with van der Waals surface area (Å²) in [7, 11) is 0. The lowest BCUT2D eigenvalue weighted by Gasteiger charge is -2.23. The van der Waals surface area contributed by atoms with Gasteiger partial charge in [-0.25, -0.2) is 0 Å². The Labute approximate surface area is 121 Å². The highest BCUT2D eigenvalue weighted by Gasteiger charge is 2.29. The Bertz CT molecular complexity index is 499. The van der Waals surface area contributed by atoms with E-state index in [-0.39, 0.29) is 11.8 Å². The second-order valence-electron chi connectivity index (χ2n) is 4.45. The molecule has 0 spiro atoms. The zero-order valence-corrected chi connectivity index (χ0v) is 12.0. The van der Waals surface area contributed by atoms with Gasteiger partial charge in [0.05, 0.1) is 15.7 Å². The monoisotopic (exact) mass is 300 g/mol. The molecule has 1 atom stereocenters. The average Bonchev–Trinajstić information content (AvgIpc) is 2.79. The second-order valence-corrected chi connectivity index (χ2v) is 5.27. The van der Waals surface area contributed by atoms with Crippen molar-refractivity contribution in [1.29, 1.82) is 0 Å². The van der Waals surface area contributed by atoms with Crippen LogP contribution in [0.4, 0.5) is 5.69 Å². The molecule has 1 aliphatic heterocycles. The predicted molar refractivity (Wildman–Crippen MR) is 75.5 cm³/mol. The fraction of sp³-hybridized carbons (Fsp3) is 0.385. The van der Waals surface area contributed by atoms with Crippen molar-refractivity contribution in [2.24, 2.45) is 0 Å². The molecule has 1 unspecified atom stereocenters. The van der Waals surface area contributed by atoms with Gasteiger partial charge < -0.3 is 10.2 Å². The number of hydrogen-bond donors (Lipinski definition) is 1. The molecule has 4 nitrogen and oxygen atoms in total. The van der Waals surface area contributed by atoms with E-state index >= 15 is 0 Å². The van der Waals surface area contributed by atoms with Crippen molar-refractivity contribution in [3.05, 3.63) is 28.2 Å². The number of nitrogens with one attached hydrogen (secondary N) is 1. The Kier molecular flexibility index (Phi) is 4.32. The van der Waals surface area contributed by atoms with E-state index in [9.17, 15) is 9.59 Å². The molecule has 1 aliphatic rings. The van der Waals surface area contributed by atoms with Gasteiger partial charge in [0.1, 0.15) is 6.04 Å². The maximum absolute atomic E-state index is 12.1. The summed E-state index contributed by atoms with van der Waals surface area (Å²) in [6.07, 6.45) is 1.30. The van der Waals surface area contributed by atoms with Gasteiger partial charge in [-0.15, -0.1) is 0 Å². The van der Waals surface area contributed by atoms with Crippen molar-refractivity contribution in [2.75, 3.05) is 11.9 Å². The Hall–Kier alpha value is -1.26. The van der Waals surface area contributed by atoms with Crippen LogP contribution in [0.1, 0.15) is 19.8 Å². The number of likely N-dealkylation sites (tertiary alicyclic amines) is 1. The molecule has 0 aliphatic carbocycles. The maximum Gasteiger partial charge on any atom is 0.246 e. The summed E-state index contributed by atoms with van der Waals surface area (Å²) in [5.74, 6) is -0.279. The van der Waals surface area contributed by atoms with Gasteiger partial charge in [0, 0.05) is 13.0 Å². The van der Waals surface area contributed by atoms with Crippen LogP contribution in [-0.4, -0.2) is 29.3 Å². The largest absolute Gasteiger partial charge is 0.331 e. The molecule has 1 saturated heterocycles. The molecule has 1 heterocycles. The topological polar surface area (TPSA) is 49.4 Å². The highest BCUT2D eigenvalue weighted by Crippen LogP contribution is 2.30. The SMILES string of the molecule is CC(C(=O)Nc1c(Cl)cccc1Cl)N1CCCC1=O. The van der Waals surface area contributed by atoms with Crippen molar-refractivity contribution in [1.82, 2.24) is 4.90 Å². The predicted octanol–water partition coefficient (Wildman–Crippen LogP) is 2.94. The van der Waals surface area contributed by atoms with Crippen LogP contribution in [0.2, 0.25) is 10.0 Å². The van der Waals surface area contributed by atoms with Gasteiger partial charge in [0.25, 0.3) is 0 Å². The smallest absolute Gasteiger partial charge is 0.246 e. The molecule has 2 amide bonds. The number of nitrogens with zero attached hydrogens (tertiary/aromatic N) is 1. The van der Waals surface area contributed by atoms with E-state index in [0.29, 0.717) is 28.7 Å². The first-order valence-corrected chi connectivity index (χ1v) is 6.80. The van der Waals surface area contributed by atoms with Crippen LogP contribution in [0, 0.1) is 0 Å². The standard InChI is InChI=1S/C13H14Cl2N2O2/c1-8(17-7-3-6-11(17)18)13(19)16-12-9(14)4-2-5-10(12)15/h2,4-5,8H,3,6-7H2,1H3,(H,16,19). The van der Waals surface area contributed by atoms with Crippen molar-refractivity contribution < 1.29 is 9.59 Å². The molecule has 19 heavy (non-hydrogen) atoms. The van der Waals surface area contributed by atoms with Crippen molar-refractivity contribution in [3.63, 3.8) is 0 Å². The molecule has 0 aromatic heterocycles. The lowest BCUT2D eigenvalue weighted by molar-refractivity contribution is -0.134. The zero-order chi connectivity index (χ0) is 14.0. The number of benzene rings is 1. The minimum absolute atomic E-state index is 0.00732. The van der Waals surface area contributed by atoms with Crippen molar-refractivity contribution in [2.45, 2.75) is 25.8 Å². The van der Waals surface area contributed by atoms with Crippen LogP contribution in [0.3, 0.4) is 0 Å². The summed E-state index contributed by atoms with van der Waals surface area (Å²) in [6, 6.07) is 4.47. The summed E-state index contributed by atoms with van der Waals surface area (Å²) in [4.78, 5) is 25.3. The molecule has 2 rings (SSSR count). The van der Waals surface area contributed by atoms with Gasteiger partial charge in [-0.2, -0.15) is 0 Å². The van der Waals surface area contributed by atoms with Crippen LogP contribution < -0.4 is 5.32 Å². The average molecular weight is 301 g/mol. The van der Waals surface area contributed by atoms with Gasteiger partial charge in [0.2, 0.25) is 11.8 Å². The highest BCUT2D eigenvalue weighted by atomic mass is 35.5. The second kappa shape index (κ2) is 5.80. The van der Waals surface area contributed by atoms with E-state index in [0.717, 1.165) is 6.42 Å². The zero-order valence-electron chi connectivity index (χ0n) is 10.5. The van der Waals surface area contributed by atoms with Crippen LogP contribution in [0.25, 0.3) is 0 Å². The number of carbonyl (C=O) groups excluding carboxylic acids is 2. The number of carbonyl (C=O) groups is 2. The van der Waals surface area contributed by atoms with Crippen molar-refractivity contribution in [3.8, 4) is 0 Å². The van der Waals surface area contributed by atoms with Crippen LogP contribution in [0.15, 0.2) is 18.2 Å². The number of para-hydroxylation sites is 1. The lowest BCUT2D eigenvalue weighted by atomic mass is 10.2. The number of halogens is 2. The van der Waals surface area contributed by atoms with E-state index in [1.807, 2.05) is 0 Å². The van der Waals surface area contributed by atoms with E-state index in [4.69, 9.17) is 23.2 Å². The Morgan fingerprint density at radius 1 is 1.37 bits per heavy atom. The molecule has 0 radical (unpaired) electrons. The minimum atomic E-state index is -0.526. The molecular weight excluding hydrogens is 287 g/mol. The molecular formula is C13H14Cl2N2O2. The quantitative estimate of drug-likeness (QED) is 0.933. The lowest BCUT2D eigenvalue weighted by Crippen LogP contribution is -2.42. The first-order valence-electron chi connectivity index (χ1n) is 6.05. The number of anilines is 1. The third-order valence-electron chi connectivity index (χ3n) is 3.17. The number of amides is 2. The van der Waals surface area contributed by atoms with Crippen LogP contribution in [-0.2, 0) is 9.59 Å².